The number of alkyl halides is 1. The van der Waals surface area contributed by atoms with Crippen molar-refractivity contribution in [2.45, 2.75) is 20.8 Å². The number of carbonyl (C=O) groups excluding carboxylic acids is 1. The van der Waals surface area contributed by atoms with Gasteiger partial charge in [-0.1, -0.05) is 22.6 Å². The lowest BCUT2D eigenvalue weighted by Gasteiger charge is -2.15. The van der Waals surface area contributed by atoms with Crippen molar-refractivity contribution in [2.24, 2.45) is 5.41 Å². The number of halogens is 1. The van der Waals surface area contributed by atoms with Gasteiger partial charge >= 0.3 is 5.97 Å². The maximum absolute atomic E-state index is 11.0. The van der Waals surface area contributed by atoms with Crippen molar-refractivity contribution in [3.8, 4) is 0 Å². The average molecular weight is 256 g/mol. The second kappa shape index (κ2) is 4.16. The first-order valence-electron chi connectivity index (χ1n) is 3.21. The monoisotopic (exact) mass is 256 g/mol. The molecule has 60 valence electrons. The van der Waals surface area contributed by atoms with Crippen LogP contribution in [-0.4, -0.2) is 17.0 Å². The molecule has 0 saturated carbocycles. The lowest BCUT2D eigenvalue weighted by atomic mass is 9.97. The maximum Gasteiger partial charge on any atom is 0.311 e. The summed E-state index contributed by atoms with van der Waals surface area (Å²) in [5, 5.41) is 0. The van der Waals surface area contributed by atoms with E-state index in [1.165, 1.54) is 0 Å². The van der Waals surface area contributed by atoms with Gasteiger partial charge in [-0.2, -0.15) is 0 Å². The number of ether oxygens (including phenoxy) is 1. The lowest BCUT2D eigenvalue weighted by molar-refractivity contribution is -0.152. The van der Waals surface area contributed by atoms with Crippen LogP contribution in [0.2, 0.25) is 0 Å². The van der Waals surface area contributed by atoms with Crippen molar-refractivity contribution in [1.29, 1.82) is 0 Å². The van der Waals surface area contributed by atoms with Gasteiger partial charge in [0, 0.05) is 4.43 Å². The first kappa shape index (κ1) is 10.2. The van der Waals surface area contributed by atoms with Crippen molar-refractivity contribution in [3.63, 3.8) is 0 Å². The van der Waals surface area contributed by atoms with Gasteiger partial charge in [-0.3, -0.25) is 4.79 Å². The molecule has 0 aliphatic rings. The van der Waals surface area contributed by atoms with E-state index in [2.05, 4.69) is 22.6 Å². The van der Waals surface area contributed by atoms with Crippen LogP contribution in [-0.2, 0) is 9.53 Å². The van der Waals surface area contributed by atoms with Crippen molar-refractivity contribution in [2.75, 3.05) is 11.0 Å². The number of esters is 1. The predicted octanol–water partition coefficient (Wildman–Crippen LogP) is 2.01. The van der Waals surface area contributed by atoms with Gasteiger partial charge in [-0.15, -0.1) is 0 Å². The van der Waals surface area contributed by atoms with Crippen LogP contribution < -0.4 is 0 Å². The van der Waals surface area contributed by atoms with Crippen LogP contribution >= 0.6 is 22.6 Å². The molecule has 3 heteroatoms. The molecule has 0 radical (unpaired) electrons. The molecule has 0 spiro atoms. The van der Waals surface area contributed by atoms with Crippen molar-refractivity contribution in [3.05, 3.63) is 0 Å². The molecule has 0 aliphatic heterocycles. The number of carbonyl (C=O) groups is 1. The van der Waals surface area contributed by atoms with Gasteiger partial charge in [0.1, 0.15) is 6.61 Å². The highest BCUT2D eigenvalue weighted by Crippen LogP contribution is 2.14. The zero-order valence-electron chi connectivity index (χ0n) is 6.61. The Morgan fingerprint density at radius 1 is 1.50 bits per heavy atom. The van der Waals surface area contributed by atoms with E-state index in [1.54, 1.807) is 0 Å². The van der Waals surface area contributed by atoms with Gasteiger partial charge in [0.25, 0.3) is 0 Å². The summed E-state index contributed by atoms with van der Waals surface area (Å²) in [6, 6.07) is 0. The van der Waals surface area contributed by atoms with Crippen molar-refractivity contribution in [1.82, 2.24) is 0 Å². The van der Waals surface area contributed by atoms with Crippen LogP contribution in [0.3, 0.4) is 0 Å². The van der Waals surface area contributed by atoms with Gasteiger partial charge < -0.3 is 4.74 Å². The molecule has 0 rings (SSSR count). The van der Waals surface area contributed by atoms with Crippen LogP contribution in [0.4, 0.5) is 0 Å². The Morgan fingerprint density at radius 2 is 2.00 bits per heavy atom. The number of hydrogen-bond donors (Lipinski definition) is 0. The van der Waals surface area contributed by atoms with Gasteiger partial charge in [0.2, 0.25) is 0 Å². The molecule has 0 saturated heterocycles. The molecular weight excluding hydrogens is 243 g/mol. The Morgan fingerprint density at radius 3 is 2.30 bits per heavy atom. The van der Waals surface area contributed by atoms with Crippen molar-refractivity contribution >= 4 is 28.6 Å². The van der Waals surface area contributed by atoms with Crippen LogP contribution in [0, 0.1) is 5.41 Å². The summed E-state index contributed by atoms with van der Waals surface area (Å²) in [5.41, 5.74) is -0.355. The molecule has 0 aromatic heterocycles. The summed E-state index contributed by atoms with van der Waals surface area (Å²) in [6.45, 7) is 6.07. The Balaban J connectivity index is 3.64. The second-order valence-corrected chi connectivity index (χ2v) is 4.15. The topological polar surface area (TPSA) is 26.3 Å². The van der Waals surface area contributed by atoms with E-state index < -0.39 is 0 Å². The molecule has 0 unspecified atom stereocenters. The number of hydrogen-bond acceptors (Lipinski definition) is 2. The van der Waals surface area contributed by atoms with Crippen molar-refractivity contribution < 1.29 is 9.53 Å². The summed E-state index contributed by atoms with van der Waals surface area (Å²) in [5.74, 6) is -0.121. The molecule has 0 aromatic carbocycles. The Bertz CT molecular complexity index is 115. The van der Waals surface area contributed by atoms with E-state index in [9.17, 15) is 4.79 Å². The van der Waals surface area contributed by atoms with E-state index in [0.29, 0.717) is 6.61 Å². The SMILES string of the molecule is CC(C)(C)C(=O)OCCI. The highest BCUT2D eigenvalue weighted by molar-refractivity contribution is 14.1. The van der Waals surface area contributed by atoms with Crippen LogP contribution in [0.1, 0.15) is 20.8 Å². The zero-order valence-corrected chi connectivity index (χ0v) is 8.77. The molecule has 10 heavy (non-hydrogen) atoms. The summed E-state index contributed by atoms with van der Waals surface area (Å²) < 4.78 is 5.77. The first-order chi connectivity index (χ1) is 4.48. The van der Waals surface area contributed by atoms with E-state index in [4.69, 9.17) is 4.74 Å². The minimum absolute atomic E-state index is 0.121. The van der Waals surface area contributed by atoms with Gasteiger partial charge in [-0.25, -0.2) is 0 Å². The van der Waals surface area contributed by atoms with E-state index in [-0.39, 0.29) is 11.4 Å². The summed E-state index contributed by atoms with van der Waals surface area (Å²) in [7, 11) is 0. The molecule has 0 amide bonds. The molecule has 0 aliphatic carbocycles. The van der Waals surface area contributed by atoms with Gasteiger partial charge in [-0.05, 0) is 20.8 Å². The largest absolute Gasteiger partial charge is 0.464 e. The second-order valence-electron chi connectivity index (χ2n) is 3.07. The molecule has 0 atom stereocenters. The highest BCUT2D eigenvalue weighted by atomic mass is 127. The third-order valence-corrected chi connectivity index (χ3v) is 1.36. The molecule has 0 N–H and O–H groups in total. The maximum atomic E-state index is 11.0. The lowest BCUT2D eigenvalue weighted by Crippen LogP contribution is -2.23. The minimum Gasteiger partial charge on any atom is -0.464 e. The smallest absolute Gasteiger partial charge is 0.311 e. The van der Waals surface area contributed by atoms with Crippen LogP contribution in [0.25, 0.3) is 0 Å². The zero-order chi connectivity index (χ0) is 8.20. The van der Waals surface area contributed by atoms with Gasteiger partial charge in [0.15, 0.2) is 0 Å². The average Bonchev–Trinajstić information content (AvgIpc) is 1.80. The first-order valence-corrected chi connectivity index (χ1v) is 4.74. The molecule has 0 fully saturated rings. The predicted molar refractivity (Wildman–Crippen MR) is 49.3 cm³/mol. The quantitative estimate of drug-likeness (QED) is 0.429. The normalized spacial score (nSPS) is 11.2. The molecule has 2 nitrogen and oxygen atoms in total. The molecular formula is C7H13IO2. The third-order valence-electron chi connectivity index (χ3n) is 0.923. The van der Waals surface area contributed by atoms with E-state index in [1.807, 2.05) is 20.8 Å². The van der Waals surface area contributed by atoms with E-state index >= 15 is 0 Å². The fourth-order valence-corrected chi connectivity index (χ4v) is 0.568. The summed E-state index contributed by atoms with van der Waals surface area (Å²) in [6.07, 6.45) is 0. The minimum atomic E-state index is -0.355. The standard InChI is InChI=1S/C7H13IO2/c1-7(2,3)6(9)10-5-4-8/h4-5H2,1-3H3. The Hall–Kier alpha value is 0.200. The van der Waals surface area contributed by atoms with E-state index in [0.717, 1.165) is 4.43 Å². The molecule has 0 bridgehead atoms. The van der Waals surface area contributed by atoms with Crippen LogP contribution in [0.15, 0.2) is 0 Å². The van der Waals surface area contributed by atoms with Gasteiger partial charge in [0.05, 0.1) is 5.41 Å². The summed E-state index contributed by atoms with van der Waals surface area (Å²) in [4.78, 5) is 11.0. The fourth-order valence-electron chi connectivity index (χ4n) is 0.348. The summed E-state index contributed by atoms with van der Waals surface area (Å²) >= 11 is 2.17. The highest BCUT2D eigenvalue weighted by Gasteiger charge is 2.22. The molecule has 0 heterocycles. The number of rotatable bonds is 2. The van der Waals surface area contributed by atoms with Crippen LogP contribution in [0.5, 0.6) is 0 Å². The fraction of sp³-hybridized carbons (Fsp3) is 0.857. The Kier molecular flexibility index (Phi) is 4.24. The third kappa shape index (κ3) is 4.09. The Labute approximate surface area is 75.5 Å². The molecule has 0 aromatic rings.